The maximum Gasteiger partial charge on any atom is 0.358 e. The van der Waals surface area contributed by atoms with E-state index < -0.39 is 21.5 Å². The predicted molar refractivity (Wildman–Crippen MR) is 69.7 cm³/mol. The van der Waals surface area contributed by atoms with Crippen LogP contribution < -0.4 is 4.72 Å². The van der Waals surface area contributed by atoms with Crippen molar-refractivity contribution < 1.29 is 22.7 Å². The number of ether oxygens (including phenoxy) is 2. The van der Waals surface area contributed by atoms with E-state index in [1.165, 1.54) is 19.7 Å². The number of sulfonamides is 1. The van der Waals surface area contributed by atoms with Crippen LogP contribution in [-0.4, -0.2) is 45.7 Å². The lowest BCUT2D eigenvalue weighted by Gasteiger charge is -2.24. The molecule has 19 heavy (non-hydrogen) atoms. The van der Waals surface area contributed by atoms with Crippen LogP contribution in [0.25, 0.3) is 0 Å². The summed E-state index contributed by atoms with van der Waals surface area (Å²) in [5.41, 5.74) is 0.267. The zero-order valence-corrected chi connectivity index (χ0v) is 12.7. The number of hydrogen-bond acceptors (Lipinski definition) is 7. The molecule has 0 radical (unpaired) electrons. The zero-order chi connectivity index (χ0) is 14.7. The molecule has 1 rings (SSSR count). The molecule has 0 amide bonds. The maximum absolute atomic E-state index is 12.2. The topological polar surface area (TPSA) is 94.6 Å². The summed E-state index contributed by atoms with van der Waals surface area (Å²) < 4.78 is 36.2. The number of hydrogen-bond donors (Lipinski definition) is 1. The Bertz CT molecular complexity index is 550. The molecule has 0 spiro atoms. The van der Waals surface area contributed by atoms with Crippen LogP contribution in [0.3, 0.4) is 0 Å². The van der Waals surface area contributed by atoms with Gasteiger partial charge in [0.05, 0.1) is 24.8 Å². The molecule has 0 aliphatic rings. The second kappa shape index (κ2) is 5.95. The summed E-state index contributed by atoms with van der Waals surface area (Å²) in [6, 6.07) is 0. The third-order valence-electron chi connectivity index (χ3n) is 2.07. The highest BCUT2D eigenvalue weighted by atomic mass is 32.2. The van der Waals surface area contributed by atoms with E-state index in [2.05, 4.69) is 14.4 Å². The molecule has 9 heteroatoms. The van der Waals surface area contributed by atoms with Crippen LogP contribution in [0, 0.1) is 0 Å². The molecule has 1 aromatic heterocycles. The lowest BCUT2D eigenvalue weighted by Crippen LogP contribution is -2.46. The van der Waals surface area contributed by atoms with Gasteiger partial charge in [0.25, 0.3) is 10.0 Å². The SMILES string of the molecule is COCC(C)(C)NS(=O)(=O)c1scnc1C(=O)OC. The van der Waals surface area contributed by atoms with E-state index >= 15 is 0 Å². The van der Waals surface area contributed by atoms with Gasteiger partial charge in [-0.05, 0) is 13.8 Å². The van der Waals surface area contributed by atoms with E-state index in [9.17, 15) is 13.2 Å². The molecule has 0 unspecified atom stereocenters. The Balaban J connectivity index is 3.08. The minimum absolute atomic E-state index is 0.163. The number of nitrogens with one attached hydrogen (secondary N) is 1. The smallest absolute Gasteiger partial charge is 0.358 e. The molecule has 0 bridgehead atoms. The first-order valence-corrected chi connectivity index (χ1v) is 7.64. The van der Waals surface area contributed by atoms with Crippen molar-refractivity contribution in [1.82, 2.24) is 9.71 Å². The molecule has 7 nitrogen and oxygen atoms in total. The van der Waals surface area contributed by atoms with Crippen LogP contribution in [0.1, 0.15) is 24.3 Å². The number of rotatable bonds is 6. The van der Waals surface area contributed by atoms with Crippen molar-refractivity contribution in [3.63, 3.8) is 0 Å². The van der Waals surface area contributed by atoms with Crippen molar-refractivity contribution in [3.05, 3.63) is 11.2 Å². The number of carbonyl (C=O) groups is 1. The molecule has 0 saturated heterocycles. The van der Waals surface area contributed by atoms with E-state index in [0.29, 0.717) is 0 Å². The highest BCUT2D eigenvalue weighted by Crippen LogP contribution is 2.22. The Morgan fingerprint density at radius 1 is 1.47 bits per heavy atom. The largest absolute Gasteiger partial charge is 0.464 e. The molecule has 0 aromatic carbocycles. The number of methoxy groups -OCH3 is 2. The Hall–Kier alpha value is -1.03. The molecule has 0 aliphatic heterocycles. The Kier molecular flexibility index (Phi) is 5.02. The van der Waals surface area contributed by atoms with Crippen LogP contribution >= 0.6 is 11.3 Å². The first-order valence-electron chi connectivity index (χ1n) is 5.28. The predicted octanol–water partition coefficient (Wildman–Crippen LogP) is 0.633. The molecular weight excluding hydrogens is 292 g/mol. The fourth-order valence-electron chi connectivity index (χ4n) is 1.46. The third kappa shape index (κ3) is 3.96. The summed E-state index contributed by atoms with van der Waals surface area (Å²) in [5.74, 6) is -0.786. The van der Waals surface area contributed by atoms with Crippen LogP contribution in [0.2, 0.25) is 0 Å². The number of nitrogens with zero attached hydrogens (tertiary/aromatic N) is 1. The van der Waals surface area contributed by atoms with Gasteiger partial charge in [-0.1, -0.05) is 0 Å². The number of esters is 1. The molecule has 0 saturated carbocycles. The van der Waals surface area contributed by atoms with Crippen molar-refractivity contribution in [2.45, 2.75) is 23.6 Å². The third-order valence-corrected chi connectivity index (χ3v) is 5.14. The van der Waals surface area contributed by atoms with Gasteiger partial charge in [-0.3, -0.25) is 0 Å². The highest BCUT2D eigenvalue weighted by molar-refractivity contribution is 7.91. The van der Waals surface area contributed by atoms with Crippen molar-refractivity contribution in [3.8, 4) is 0 Å². The van der Waals surface area contributed by atoms with Gasteiger partial charge in [-0.15, -0.1) is 11.3 Å². The normalized spacial score (nSPS) is 12.4. The van der Waals surface area contributed by atoms with Crippen molar-refractivity contribution in [2.75, 3.05) is 20.8 Å². The molecular formula is C10H16N2O5S2. The van der Waals surface area contributed by atoms with Gasteiger partial charge >= 0.3 is 5.97 Å². The number of thiazole rings is 1. The minimum Gasteiger partial charge on any atom is -0.464 e. The highest BCUT2D eigenvalue weighted by Gasteiger charge is 2.31. The Morgan fingerprint density at radius 3 is 2.63 bits per heavy atom. The zero-order valence-electron chi connectivity index (χ0n) is 11.1. The van der Waals surface area contributed by atoms with Gasteiger partial charge in [0.2, 0.25) is 0 Å². The van der Waals surface area contributed by atoms with Crippen molar-refractivity contribution >= 4 is 27.3 Å². The van der Waals surface area contributed by atoms with E-state index in [1.807, 2.05) is 0 Å². The van der Waals surface area contributed by atoms with Crippen LogP contribution in [0.5, 0.6) is 0 Å². The van der Waals surface area contributed by atoms with Crippen molar-refractivity contribution in [1.29, 1.82) is 0 Å². The van der Waals surface area contributed by atoms with Crippen LogP contribution in [0.15, 0.2) is 9.72 Å². The first kappa shape index (κ1) is 16.0. The summed E-state index contributed by atoms with van der Waals surface area (Å²) in [6.45, 7) is 3.54. The molecule has 1 N–H and O–H groups in total. The average molecular weight is 308 g/mol. The average Bonchev–Trinajstić information content (AvgIpc) is 2.75. The summed E-state index contributed by atoms with van der Waals surface area (Å²) in [5, 5.41) is 0. The lowest BCUT2D eigenvalue weighted by molar-refractivity contribution is 0.0590. The summed E-state index contributed by atoms with van der Waals surface area (Å²) in [7, 11) is -1.22. The van der Waals surface area contributed by atoms with Gasteiger partial charge in [-0.25, -0.2) is 22.9 Å². The van der Waals surface area contributed by atoms with E-state index in [-0.39, 0.29) is 16.5 Å². The first-order chi connectivity index (χ1) is 8.73. The molecule has 108 valence electrons. The van der Waals surface area contributed by atoms with Crippen LogP contribution in [-0.2, 0) is 19.5 Å². The Morgan fingerprint density at radius 2 is 2.11 bits per heavy atom. The summed E-state index contributed by atoms with van der Waals surface area (Å²) in [4.78, 5) is 15.2. The second-order valence-electron chi connectivity index (χ2n) is 4.40. The van der Waals surface area contributed by atoms with Gasteiger partial charge in [0, 0.05) is 7.11 Å². The second-order valence-corrected chi connectivity index (χ2v) is 7.13. The van der Waals surface area contributed by atoms with E-state index in [1.54, 1.807) is 13.8 Å². The number of aromatic nitrogens is 1. The van der Waals surface area contributed by atoms with E-state index in [4.69, 9.17) is 4.74 Å². The van der Waals surface area contributed by atoms with Crippen LogP contribution in [0.4, 0.5) is 0 Å². The molecule has 0 atom stereocenters. The van der Waals surface area contributed by atoms with Gasteiger partial charge in [-0.2, -0.15) is 0 Å². The fourth-order valence-corrected chi connectivity index (χ4v) is 3.99. The standard InChI is InChI=1S/C10H16N2O5S2/c1-10(2,5-16-3)12-19(14,15)9-7(8(13)17-4)11-6-18-9/h6,12H,5H2,1-4H3. The van der Waals surface area contributed by atoms with Crippen molar-refractivity contribution in [2.24, 2.45) is 0 Å². The quantitative estimate of drug-likeness (QED) is 0.775. The molecule has 1 aromatic rings. The molecule has 0 aliphatic carbocycles. The minimum atomic E-state index is -3.86. The molecule has 1 heterocycles. The summed E-state index contributed by atoms with van der Waals surface area (Å²) >= 11 is 0.856. The fraction of sp³-hybridized carbons (Fsp3) is 0.600. The Labute approximate surface area is 116 Å². The monoisotopic (exact) mass is 308 g/mol. The number of carbonyl (C=O) groups excluding carboxylic acids is 1. The van der Waals surface area contributed by atoms with E-state index in [0.717, 1.165) is 11.3 Å². The van der Waals surface area contributed by atoms with Gasteiger partial charge < -0.3 is 9.47 Å². The van der Waals surface area contributed by atoms with Gasteiger partial charge in [0.1, 0.15) is 0 Å². The lowest BCUT2D eigenvalue weighted by atomic mass is 10.1. The molecule has 0 fully saturated rings. The summed E-state index contributed by atoms with van der Waals surface area (Å²) in [6.07, 6.45) is 0. The maximum atomic E-state index is 12.2. The van der Waals surface area contributed by atoms with Gasteiger partial charge in [0.15, 0.2) is 9.90 Å².